The second kappa shape index (κ2) is 6.31. The molecule has 1 aliphatic carbocycles. The maximum atomic E-state index is 13.0. The molecule has 130 valence electrons. The second-order valence-corrected chi connectivity index (χ2v) is 7.86. The first kappa shape index (κ1) is 17.1. The van der Waals surface area contributed by atoms with Crippen molar-refractivity contribution in [3.05, 3.63) is 33.0 Å². The normalized spacial score (nSPS) is 17.9. The van der Waals surface area contributed by atoms with E-state index in [1.165, 1.54) is 0 Å². The second-order valence-electron chi connectivity index (χ2n) is 7.00. The Kier molecular flexibility index (Phi) is 4.51. The fraction of sp³-hybridized carbons (Fsp3) is 0.611. The summed E-state index contributed by atoms with van der Waals surface area (Å²) in [5.41, 5.74) is 3.78. The molecule has 3 rings (SSSR count). The molecule has 1 atom stereocenters. The third-order valence-electron chi connectivity index (χ3n) is 5.24. The SMILES string of the molecule is Cc1csc(C2(NC(=O)[C@@H](C)c3c(C)nn(C)c3C)CCCC2)n1. The summed E-state index contributed by atoms with van der Waals surface area (Å²) in [5.74, 6) is -0.138. The smallest absolute Gasteiger partial charge is 0.228 e. The van der Waals surface area contributed by atoms with Crippen LogP contribution in [0.3, 0.4) is 0 Å². The van der Waals surface area contributed by atoms with Crippen LogP contribution in [0.4, 0.5) is 0 Å². The third kappa shape index (κ3) is 2.88. The van der Waals surface area contributed by atoms with Gasteiger partial charge in [0.2, 0.25) is 5.91 Å². The molecule has 0 bridgehead atoms. The van der Waals surface area contributed by atoms with Gasteiger partial charge in [0, 0.05) is 29.4 Å². The Bertz CT molecular complexity index is 755. The lowest BCUT2D eigenvalue weighted by atomic mass is 9.93. The number of carbonyl (C=O) groups is 1. The fourth-order valence-electron chi connectivity index (χ4n) is 3.84. The molecule has 24 heavy (non-hydrogen) atoms. The molecular formula is C18H26N4OS. The zero-order valence-corrected chi connectivity index (χ0v) is 16.0. The zero-order valence-electron chi connectivity index (χ0n) is 15.1. The highest BCUT2D eigenvalue weighted by molar-refractivity contribution is 7.09. The summed E-state index contributed by atoms with van der Waals surface area (Å²) < 4.78 is 1.85. The van der Waals surface area contributed by atoms with Crippen LogP contribution in [0.1, 0.15) is 66.2 Å². The number of thiazole rings is 1. The van der Waals surface area contributed by atoms with Crippen molar-refractivity contribution in [2.24, 2.45) is 7.05 Å². The Morgan fingerprint density at radius 1 is 1.33 bits per heavy atom. The Morgan fingerprint density at radius 3 is 2.50 bits per heavy atom. The van der Waals surface area contributed by atoms with E-state index in [0.29, 0.717) is 0 Å². The van der Waals surface area contributed by atoms with Crippen LogP contribution in [0.2, 0.25) is 0 Å². The van der Waals surface area contributed by atoms with Gasteiger partial charge in [-0.1, -0.05) is 12.8 Å². The van der Waals surface area contributed by atoms with Gasteiger partial charge in [-0.3, -0.25) is 9.48 Å². The van der Waals surface area contributed by atoms with Crippen LogP contribution in [0, 0.1) is 20.8 Å². The Balaban J connectivity index is 1.86. The van der Waals surface area contributed by atoms with Gasteiger partial charge in [0.15, 0.2) is 0 Å². The van der Waals surface area contributed by atoms with E-state index in [1.54, 1.807) is 11.3 Å². The predicted molar refractivity (Wildman–Crippen MR) is 96.2 cm³/mol. The summed E-state index contributed by atoms with van der Waals surface area (Å²) in [6.07, 6.45) is 4.23. The molecule has 1 fully saturated rings. The summed E-state index contributed by atoms with van der Waals surface area (Å²) >= 11 is 1.66. The number of rotatable bonds is 4. The molecule has 1 amide bonds. The first-order valence-electron chi connectivity index (χ1n) is 8.59. The first-order valence-corrected chi connectivity index (χ1v) is 9.47. The topological polar surface area (TPSA) is 59.8 Å². The van der Waals surface area contributed by atoms with Crippen molar-refractivity contribution < 1.29 is 4.79 Å². The molecule has 2 aromatic rings. The van der Waals surface area contributed by atoms with Crippen molar-refractivity contribution >= 4 is 17.2 Å². The van der Waals surface area contributed by atoms with E-state index in [4.69, 9.17) is 0 Å². The predicted octanol–water partition coefficient (Wildman–Crippen LogP) is 3.49. The van der Waals surface area contributed by atoms with Gasteiger partial charge in [-0.25, -0.2) is 4.98 Å². The highest BCUT2D eigenvalue weighted by Crippen LogP contribution is 2.40. The number of hydrogen-bond donors (Lipinski definition) is 1. The van der Waals surface area contributed by atoms with Gasteiger partial charge >= 0.3 is 0 Å². The van der Waals surface area contributed by atoms with E-state index in [1.807, 2.05) is 39.4 Å². The lowest BCUT2D eigenvalue weighted by Gasteiger charge is -2.30. The average Bonchev–Trinajstić information content (AvgIpc) is 3.21. The standard InChI is InChI=1S/C18H26N4OS/c1-11-10-24-17(19-11)18(8-6-7-9-18)20-16(23)12(2)15-13(3)21-22(5)14(15)4/h10,12H,6-9H2,1-5H3,(H,20,23)/t12-/m0/s1. The number of amides is 1. The minimum absolute atomic E-state index is 0.0731. The van der Waals surface area contributed by atoms with Crippen LogP contribution < -0.4 is 5.32 Å². The number of aryl methyl sites for hydroxylation is 3. The van der Waals surface area contributed by atoms with E-state index in [0.717, 1.165) is 53.3 Å². The van der Waals surface area contributed by atoms with E-state index < -0.39 is 0 Å². The minimum atomic E-state index is -0.283. The molecule has 1 aliphatic rings. The lowest BCUT2D eigenvalue weighted by molar-refractivity contribution is -0.124. The first-order chi connectivity index (χ1) is 11.3. The van der Waals surface area contributed by atoms with Gasteiger partial charge in [-0.15, -0.1) is 11.3 Å². The largest absolute Gasteiger partial charge is 0.344 e. The highest BCUT2D eigenvalue weighted by atomic mass is 32.1. The van der Waals surface area contributed by atoms with Gasteiger partial charge in [0.05, 0.1) is 17.2 Å². The fourth-order valence-corrected chi connectivity index (χ4v) is 4.85. The summed E-state index contributed by atoms with van der Waals surface area (Å²) in [4.78, 5) is 17.7. The van der Waals surface area contributed by atoms with Gasteiger partial charge in [-0.2, -0.15) is 5.10 Å². The molecule has 1 N–H and O–H groups in total. The highest BCUT2D eigenvalue weighted by Gasteiger charge is 2.40. The molecule has 0 unspecified atom stereocenters. The molecule has 0 aliphatic heterocycles. The van der Waals surface area contributed by atoms with Crippen LogP contribution in [-0.2, 0) is 17.4 Å². The van der Waals surface area contributed by atoms with E-state index in [9.17, 15) is 4.79 Å². The summed E-state index contributed by atoms with van der Waals surface area (Å²) in [7, 11) is 1.92. The number of nitrogens with one attached hydrogen (secondary N) is 1. The number of carbonyl (C=O) groups excluding carboxylic acids is 1. The summed E-state index contributed by atoms with van der Waals surface area (Å²) in [5, 5.41) is 10.9. The average molecular weight is 347 g/mol. The maximum Gasteiger partial charge on any atom is 0.228 e. The molecule has 2 aromatic heterocycles. The third-order valence-corrected chi connectivity index (χ3v) is 6.40. The monoisotopic (exact) mass is 346 g/mol. The van der Waals surface area contributed by atoms with Crippen molar-refractivity contribution in [1.29, 1.82) is 0 Å². The Labute approximate surface area is 147 Å². The quantitative estimate of drug-likeness (QED) is 0.922. The minimum Gasteiger partial charge on any atom is -0.344 e. The van der Waals surface area contributed by atoms with Crippen molar-refractivity contribution in [2.45, 2.75) is 64.8 Å². The summed E-state index contributed by atoms with van der Waals surface area (Å²) in [6.45, 7) is 7.98. The molecule has 2 heterocycles. The van der Waals surface area contributed by atoms with Crippen LogP contribution in [0.15, 0.2) is 5.38 Å². The maximum absolute atomic E-state index is 13.0. The Morgan fingerprint density at radius 2 is 2.00 bits per heavy atom. The van der Waals surface area contributed by atoms with Crippen LogP contribution >= 0.6 is 11.3 Å². The number of nitrogens with zero attached hydrogens (tertiary/aromatic N) is 3. The van der Waals surface area contributed by atoms with Crippen LogP contribution in [0.25, 0.3) is 0 Å². The number of hydrogen-bond acceptors (Lipinski definition) is 4. The molecular weight excluding hydrogens is 320 g/mol. The van der Waals surface area contributed by atoms with Crippen molar-refractivity contribution in [3.8, 4) is 0 Å². The van der Waals surface area contributed by atoms with Crippen molar-refractivity contribution in [1.82, 2.24) is 20.1 Å². The zero-order chi connectivity index (χ0) is 17.5. The molecule has 0 saturated heterocycles. The molecule has 0 spiro atoms. The van der Waals surface area contributed by atoms with E-state index >= 15 is 0 Å². The molecule has 0 aromatic carbocycles. The van der Waals surface area contributed by atoms with E-state index in [2.05, 4.69) is 20.8 Å². The molecule has 1 saturated carbocycles. The molecule has 5 nitrogen and oxygen atoms in total. The molecule has 6 heteroatoms. The van der Waals surface area contributed by atoms with Gasteiger partial charge < -0.3 is 5.32 Å². The lowest BCUT2D eigenvalue weighted by Crippen LogP contribution is -2.45. The van der Waals surface area contributed by atoms with Gasteiger partial charge in [0.1, 0.15) is 5.01 Å². The van der Waals surface area contributed by atoms with Crippen molar-refractivity contribution in [3.63, 3.8) is 0 Å². The van der Waals surface area contributed by atoms with Crippen LogP contribution in [-0.4, -0.2) is 20.7 Å². The molecule has 0 radical (unpaired) electrons. The number of aromatic nitrogens is 3. The van der Waals surface area contributed by atoms with E-state index in [-0.39, 0.29) is 17.4 Å². The van der Waals surface area contributed by atoms with Crippen LogP contribution in [0.5, 0.6) is 0 Å². The van der Waals surface area contributed by atoms with Gasteiger partial charge in [0.25, 0.3) is 0 Å². The van der Waals surface area contributed by atoms with Crippen molar-refractivity contribution in [2.75, 3.05) is 0 Å². The van der Waals surface area contributed by atoms with Gasteiger partial charge in [-0.05, 0) is 40.5 Å². The summed E-state index contributed by atoms with van der Waals surface area (Å²) in [6, 6.07) is 0. The Hall–Kier alpha value is -1.69.